The van der Waals surface area contributed by atoms with Crippen LogP contribution in [0.4, 0.5) is 0 Å². The molecule has 1 aliphatic rings. The van der Waals surface area contributed by atoms with Crippen LogP contribution in [0.5, 0.6) is 0 Å². The summed E-state index contributed by atoms with van der Waals surface area (Å²) >= 11 is 6.43. The van der Waals surface area contributed by atoms with Gasteiger partial charge in [0, 0.05) is 5.02 Å². The Morgan fingerprint density at radius 3 is 2.68 bits per heavy atom. The minimum Gasteiger partial charge on any atom is -0.310 e. The van der Waals surface area contributed by atoms with Gasteiger partial charge in [-0.3, -0.25) is 0 Å². The summed E-state index contributed by atoms with van der Waals surface area (Å²) in [5.41, 5.74) is 3.93. The van der Waals surface area contributed by atoms with E-state index in [1.54, 1.807) is 0 Å². The van der Waals surface area contributed by atoms with Crippen molar-refractivity contribution < 1.29 is 0 Å². The molecule has 1 unspecified atom stereocenters. The van der Waals surface area contributed by atoms with Crippen LogP contribution in [0.25, 0.3) is 0 Å². The number of rotatable bonds is 3. The van der Waals surface area contributed by atoms with Gasteiger partial charge in [-0.15, -0.1) is 0 Å². The van der Waals surface area contributed by atoms with Crippen molar-refractivity contribution in [3.05, 3.63) is 46.0 Å². The molecule has 0 aliphatic heterocycles. The molecule has 104 valence electrons. The largest absolute Gasteiger partial charge is 0.310 e. The van der Waals surface area contributed by atoms with E-state index in [1.807, 2.05) is 7.05 Å². The number of hydrogen-bond acceptors (Lipinski definition) is 1. The average Bonchev–Trinajstić information content (AvgIpc) is 2.34. The Morgan fingerprint density at radius 1 is 1.16 bits per heavy atom. The summed E-state index contributed by atoms with van der Waals surface area (Å²) in [4.78, 5) is 0. The Labute approximate surface area is 122 Å². The lowest BCUT2D eigenvalue weighted by atomic mass is 9.90. The number of aryl methyl sites for hydroxylation is 1. The molecule has 0 amide bonds. The summed E-state index contributed by atoms with van der Waals surface area (Å²) in [7, 11) is 2.03. The molecular formula is C17H24ClN. The third kappa shape index (κ3) is 3.84. The molecule has 1 nitrogen and oxygen atoms in total. The summed E-state index contributed by atoms with van der Waals surface area (Å²) < 4.78 is 0. The van der Waals surface area contributed by atoms with Crippen molar-refractivity contribution in [2.45, 2.75) is 51.5 Å². The maximum atomic E-state index is 6.43. The molecule has 0 spiro atoms. The molecular weight excluding hydrogens is 254 g/mol. The van der Waals surface area contributed by atoms with Gasteiger partial charge < -0.3 is 5.32 Å². The normalized spacial score (nSPS) is 21.1. The quantitative estimate of drug-likeness (QED) is 0.750. The molecule has 19 heavy (non-hydrogen) atoms. The summed E-state index contributed by atoms with van der Waals surface area (Å²) in [5, 5.41) is 4.32. The molecule has 1 atom stereocenters. The number of halogens is 1. The van der Waals surface area contributed by atoms with Gasteiger partial charge in [-0.05, 0) is 56.8 Å². The summed E-state index contributed by atoms with van der Waals surface area (Å²) in [6.45, 7) is 2.08. The van der Waals surface area contributed by atoms with E-state index in [0.29, 0.717) is 0 Å². The molecule has 0 saturated heterocycles. The lowest BCUT2D eigenvalue weighted by Crippen LogP contribution is -2.19. The molecule has 2 rings (SSSR count). The zero-order valence-corrected chi connectivity index (χ0v) is 12.8. The van der Waals surface area contributed by atoms with Gasteiger partial charge >= 0.3 is 0 Å². The smallest absolute Gasteiger partial charge is 0.0548 e. The van der Waals surface area contributed by atoms with E-state index < -0.39 is 0 Å². The van der Waals surface area contributed by atoms with Crippen molar-refractivity contribution in [1.82, 2.24) is 5.32 Å². The number of nitrogens with one attached hydrogen (secondary N) is 1. The fraction of sp³-hybridized carbons (Fsp3) is 0.529. The van der Waals surface area contributed by atoms with Gasteiger partial charge in [-0.25, -0.2) is 0 Å². The van der Waals surface area contributed by atoms with Crippen molar-refractivity contribution in [2.75, 3.05) is 7.05 Å². The maximum absolute atomic E-state index is 6.43. The number of hydrogen-bond donors (Lipinski definition) is 1. The van der Waals surface area contributed by atoms with Crippen molar-refractivity contribution in [2.24, 2.45) is 0 Å². The van der Waals surface area contributed by atoms with Crippen LogP contribution in [0, 0.1) is 6.92 Å². The van der Waals surface area contributed by atoms with Gasteiger partial charge in [0.25, 0.3) is 0 Å². The van der Waals surface area contributed by atoms with E-state index in [-0.39, 0.29) is 6.04 Å². The Balaban J connectivity index is 2.27. The first-order chi connectivity index (χ1) is 9.22. The zero-order valence-electron chi connectivity index (χ0n) is 12.0. The molecule has 1 N–H and O–H groups in total. The van der Waals surface area contributed by atoms with Gasteiger partial charge in [-0.2, -0.15) is 0 Å². The molecule has 1 aromatic carbocycles. The third-order valence-corrected chi connectivity index (χ3v) is 4.28. The van der Waals surface area contributed by atoms with Crippen LogP contribution in [0.3, 0.4) is 0 Å². The van der Waals surface area contributed by atoms with Gasteiger partial charge in [0.1, 0.15) is 0 Å². The minimum absolute atomic E-state index is 0.270. The Morgan fingerprint density at radius 2 is 1.95 bits per heavy atom. The Bertz CT molecular complexity index is 451. The van der Waals surface area contributed by atoms with E-state index in [0.717, 1.165) is 5.02 Å². The van der Waals surface area contributed by atoms with Crippen LogP contribution in [0.1, 0.15) is 55.7 Å². The van der Waals surface area contributed by atoms with Crippen LogP contribution >= 0.6 is 11.6 Å². The lowest BCUT2D eigenvalue weighted by molar-refractivity contribution is 0.574. The van der Waals surface area contributed by atoms with E-state index >= 15 is 0 Å². The van der Waals surface area contributed by atoms with Gasteiger partial charge in [0.05, 0.1) is 6.04 Å². The van der Waals surface area contributed by atoms with Crippen molar-refractivity contribution in [3.63, 3.8) is 0 Å². The van der Waals surface area contributed by atoms with E-state index in [9.17, 15) is 0 Å². The highest BCUT2D eigenvalue weighted by atomic mass is 35.5. The van der Waals surface area contributed by atoms with Crippen LogP contribution in [-0.2, 0) is 0 Å². The second kappa shape index (κ2) is 7.12. The van der Waals surface area contributed by atoms with Crippen LogP contribution in [0.2, 0.25) is 5.02 Å². The fourth-order valence-corrected chi connectivity index (χ4v) is 3.23. The van der Waals surface area contributed by atoms with Crippen LogP contribution in [-0.4, -0.2) is 7.05 Å². The maximum Gasteiger partial charge on any atom is 0.0548 e. The molecule has 1 aromatic rings. The summed E-state index contributed by atoms with van der Waals surface area (Å²) in [6.07, 6.45) is 10.2. The monoisotopic (exact) mass is 277 g/mol. The number of benzene rings is 1. The molecule has 2 heteroatoms. The molecule has 0 aromatic heterocycles. The first-order valence-corrected chi connectivity index (χ1v) is 7.72. The van der Waals surface area contributed by atoms with Crippen molar-refractivity contribution >= 4 is 11.6 Å². The van der Waals surface area contributed by atoms with E-state index in [1.165, 1.54) is 55.2 Å². The predicted octanol–water partition coefficient (Wildman–Crippen LogP) is 5.19. The molecule has 0 heterocycles. The molecule has 0 bridgehead atoms. The van der Waals surface area contributed by atoms with Crippen LogP contribution < -0.4 is 5.32 Å². The standard InChI is InChI=1S/C17H24ClN/c1-13-10-11-15(16(18)12-13)17(19-2)14-8-6-4-3-5-7-9-14/h8,10-12,17,19H,3-7,9H2,1-2H3/b14-8+. The minimum atomic E-state index is 0.270. The van der Waals surface area contributed by atoms with Crippen molar-refractivity contribution in [1.29, 1.82) is 0 Å². The second-order valence-electron chi connectivity index (χ2n) is 5.48. The molecule has 0 fully saturated rings. The van der Waals surface area contributed by atoms with Gasteiger partial charge in [0.15, 0.2) is 0 Å². The highest BCUT2D eigenvalue weighted by Gasteiger charge is 2.17. The summed E-state index contributed by atoms with van der Waals surface area (Å²) in [6, 6.07) is 6.64. The lowest BCUT2D eigenvalue weighted by Gasteiger charge is -2.23. The van der Waals surface area contributed by atoms with Crippen molar-refractivity contribution in [3.8, 4) is 0 Å². The second-order valence-corrected chi connectivity index (χ2v) is 5.89. The fourth-order valence-electron chi connectivity index (χ4n) is 2.89. The first-order valence-electron chi connectivity index (χ1n) is 7.34. The van der Waals surface area contributed by atoms with E-state index in [4.69, 9.17) is 11.6 Å². The first kappa shape index (κ1) is 14.6. The zero-order chi connectivity index (χ0) is 13.7. The number of likely N-dealkylation sites (N-methyl/N-ethyl adjacent to an activating group) is 1. The topological polar surface area (TPSA) is 12.0 Å². The highest BCUT2D eigenvalue weighted by molar-refractivity contribution is 6.31. The molecule has 1 aliphatic carbocycles. The van der Waals surface area contributed by atoms with Gasteiger partial charge in [-0.1, -0.05) is 48.2 Å². The Kier molecular flexibility index (Phi) is 5.47. The molecule has 0 saturated carbocycles. The number of allylic oxidation sites excluding steroid dienone is 1. The SMILES string of the molecule is CNC(/C1=C/CCCCCC1)c1ccc(C)cc1Cl. The Hall–Kier alpha value is -0.790. The summed E-state index contributed by atoms with van der Waals surface area (Å²) in [5.74, 6) is 0. The average molecular weight is 278 g/mol. The third-order valence-electron chi connectivity index (χ3n) is 3.95. The highest BCUT2D eigenvalue weighted by Crippen LogP contribution is 2.32. The predicted molar refractivity (Wildman–Crippen MR) is 83.8 cm³/mol. The van der Waals surface area contributed by atoms with E-state index in [2.05, 4.69) is 36.5 Å². The van der Waals surface area contributed by atoms with Crippen LogP contribution in [0.15, 0.2) is 29.8 Å². The van der Waals surface area contributed by atoms with Gasteiger partial charge in [0.2, 0.25) is 0 Å². The molecule has 0 radical (unpaired) electrons.